The molecular weight excluding hydrogens is 469 g/mol. The number of nitrogen functional groups attached to an aromatic ring is 1. The minimum atomic E-state index is -4.39. The van der Waals surface area contributed by atoms with E-state index in [9.17, 15) is 14.3 Å². The van der Waals surface area contributed by atoms with E-state index in [1.54, 1.807) is 29.1 Å². The number of aromatic nitrogens is 1. The zero-order valence-corrected chi connectivity index (χ0v) is 22.4. The maximum atomic E-state index is 11.8. The third-order valence-corrected chi connectivity index (χ3v) is 6.58. The number of nitrogens with two attached hydrogens (primary N) is 1. The van der Waals surface area contributed by atoms with Gasteiger partial charge in [0, 0.05) is 30.8 Å². The molecule has 1 rings (SSSR count). The van der Waals surface area contributed by atoms with Crippen LogP contribution in [-0.2, 0) is 24.9 Å². The molecule has 0 saturated carbocycles. The van der Waals surface area contributed by atoms with Crippen molar-refractivity contribution in [3.05, 3.63) is 24.5 Å². The molecule has 0 aromatic carbocycles. The second kappa shape index (κ2) is 20.5. The van der Waals surface area contributed by atoms with Crippen LogP contribution < -0.4 is 20.5 Å². The van der Waals surface area contributed by atoms with Crippen LogP contribution in [0.2, 0.25) is 0 Å². The van der Waals surface area contributed by atoms with Gasteiger partial charge in [0.1, 0.15) is 6.61 Å². The van der Waals surface area contributed by atoms with E-state index in [1.807, 2.05) is 0 Å². The fourth-order valence-electron chi connectivity index (χ4n) is 3.52. The molecule has 1 atom stereocenters. The van der Waals surface area contributed by atoms with Crippen LogP contribution in [0, 0.1) is 0 Å². The SMILES string of the molecule is CCCCCCCCCCCCCCNC(=O)OCCCOP(=O)([O-])OCC[n+]1ccc(N)cc1. The average Bonchev–Trinajstić information content (AvgIpc) is 2.83. The molecule has 9 nitrogen and oxygen atoms in total. The third-order valence-electron chi connectivity index (χ3n) is 5.59. The van der Waals surface area contributed by atoms with E-state index in [0.717, 1.165) is 12.8 Å². The van der Waals surface area contributed by atoms with Crippen LogP contribution in [0.15, 0.2) is 24.5 Å². The summed E-state index contributed by atoms with van der Waals surface area (Å²) in [5.74, 6) is 0. The molecule has 202 valence electrons. The Hall–Kier alpha value is -1.67. The number of alkyl carbamates (subject to hydrolysis) is 1. The number of anilines is 1. The number of nitrogens with zero attached hydrogens (tertiary/aromatic N) is 1. The Morgan fingerprint density at radius 2 is 1.43 bits per heavy atom. The lowest BCUT2D eigenvalue weighted by Crippen LogP contribution is -2.35. The quantitative estimate of drug-likeness (QED) is 0.128. The van der Waals surface area contributed by atoms with Crippen molar-refractivity contribution in [2.24, 2.45) is 0 Å². The summed E-state index contributed by atoms with van der Waals surface area (Å²) in [6.45, 7) is 3.09. The highest BCUT2D eigenvalue weighted by atomic mass is 31.2. The Morgan fingerprint density at radius 1 is 0.886 bits per heavy atom. The van der Waals surface area contributed by atoms with Gasteiger partial charge in [-0.2, -0.15) is 0 Å². The number of carbonyl (C=O) groups excluding carboxylic acids is 1. The molecule has 35 heavy (non-hydrogen) atoms. The number of hydrogen-bond acceptors (Lipinski definition) is 7. The molecule has 10 heteroatoms. The number of pyridine rings is 1. The molecule has 1 aromatic heterocycles. The highest BCUT2D eigenvalue weighted by Crippen LogP contribution is 2.37. The van der Waals surface area contributed by atoms with E-state index in [4.69, 9.17) is 19.5 Å². The Kier molecular flexibility index (Phi) is 18.4. The molecular formula is C25H46N3O6P. The zero-order chi connectivity index (χ0) is 25.6. The minimum absolute atomic E-state index is 0.0482. The van der Waals surface area contributed by atoms with Crippen molar-refractivity contribution in [3.63, 3.8) is 0 Å². The monoisotopic (exact) mass is 515 g/mol. The first-order valence-electron chi connectivity index (χ1n) is 13.2. The van der Waals surface area contributed by atoms with Gasteiger partial charge in [0.2, 0.25) is 0 Å². The van der Waals surface area contributed by atoms with Gasteiger partial charge in [0.15, 0.2) is 18.9 Å². The Balaban J connectivity index is 1.88. The molecule has 1 aromatic rings. The molecule has 0 radical (unpaired) electrons. The zero-order valence-electron chi connectivity index (χ0n) is 21.5. The summed E-state index contributed by atoms with van der Waals surface area (Å²) in [4.78, 5) is 23.4. The summed E-state index contributed by atoms with van der Waals surface area (Å²) >= 11 is 0. The first-order chi connectivity index (χ1) is 16.9. The number of nitrogens with one attached hydrogen (secondary N) is 1. The predicted octanol–water partition coefficient (Wildman–Crippen LogP) is 4.88. The van der Waals surface area contributed by atoms with Crippen LogP contribution >= 0.6 is 7.82 Å². The minimum Gasteiger partial charge on any atom is -0.756 e. The molecule has 3 N–H and O–H groups in total. The van der Waals surface area contributed by atoms with Crippen LogP contribution in [0.25, 0.3) is 0 Å². The second-order valence-corrected chi connectivity index (χ2v) is 10.2. The molecule has 1 amide bonds. The number of phosphoric acid groups is 1. The van der Waals surface area contributed by atoms with E-state index in [1.165, 1.54) is 64.2 Å². The lowest BCUT2D eigenvalue weighted by atomic mass is 10.1. The van der Waals surface area contributed by atoms with E-state index >= 15 is 0 Å². The van der Waals surface area contributed by atoms with Gasteiger partial charge in [-0.1, -0.05) is 77.6 Å². The molecule has 1 unspecified atom stereocenters. The summed E-state index contributed by atoms with van der Waals surface area (Å²) in [5.41, 5.74) is 6.22. The van der Waals surface area contributed by atoms with E-state index < -0.39 is 13.9 Å². The summed E-state index contributed by atoms with van der Waals surface area (Å²) in [7, 11) is -4.39. The number of carbonyl (C=O) groups is 1. The van der Waals surface area contributed by atoms with Gasteiger partial charge in [-0.05, 0) is 6.42 Å². The van der Waals surface area contributed by atoms with Crippen molar-refractivity contribution in [2.75, 3.05) is 32.1 Å². The number of rotatable bonds is 22. The highest BCUT2D eigenvalue weighted by molar-refractivity contribution is 7.45. The molecule has 0 saturated heterocycles. The molecule has 0 aliphatic heterocycles. The first kappa shape index (κ1) is 31.4. The first-order valence-corrected chi connectivity index (χ1v) is 14.6. The fraction of sp³-hybridized carbons (Fsp3) is 0.760. The normalized spacial score (nSPS) is 12.9. The second-order valence-electron chi connectivity index (χ2n) is 8.79. The maximum Gasteiger partial charge on any atom is 0.407 e. The molecule has 0 spiro atoms. The van der Waals surface area contributed by atoms with Gasteiger partial charge in [-0.3, -0.25) is 4.57 Å². The predicted molar refractivity (Wildman–Crippen MR) is 136 cm³/mol. The Bertz CT molecular complexity index is 705. The van der Waals surface area contributed by atoms with Crippen molar-refractivity contribution < 1.29 is 32.6 Å². The molecule has 1 heterocycles. The molecule has 0 aliphatic rings. The van der Waals surface area contributed by atoms with Gasteiger partial charge < -0.3 is 29.7 Å². The van der Waals surface area contributed by atoms with Crippen molar-refractivity contribution in [1.82, 2.24) is 5.32 Å². The number of phosphoric ester groups is 1. The van der Waals surface area contributed by atoms with Crippen molar-refractivity contribution in [2.45, 2.75) is 96.9 Å². The van der Waals surface area contributed by atoms with Crippen LogP contribution in [0.5, 0.6) is 0 Å². The standard InChI is InChI=1S/C25H46N3O6P/c1-2-3-4-5-6-7-8-9-10-11-12-13-17-27-25(29)32-21-14-22-33-35(30,31)34-23-20-28-18-15-24(26)16-19-28/h15-16,18-19,26H,2-14,17,20-23H2,1H3,(H2,27,29,30,31). The van der Waals surface area contributed by atoms with Gasteiger partial charge in [-0.15, -0.1) is 0 Å². The van der Waals surface area contributed by atoms with Crippen molar-refractivity contribution >= 4 is 19.6 Å². The van der Waals surface area contributed by atoms with E-state index in [2.05, 4.69) is 12.2 Å². The summed E-state index contributed by atoms with van der Waals surface area (Å²) < 4.78 is 28.2. The highest BCUT2D eigenvalue weighted by Gasteiger charge is 2.11. The smallest absolute Gasteiger partial charge is 0.407 e. The summed E-state index contributed by atoms with van der Waals surface area (Å²) in [5, 5.41) is 2.72. The molecule has 0 fully saturated rings. The number of unbranched alkanes of at least 4 members (excludes halogenated alkanes) is 11. The topological polar surface area (TPSA) is 127 Å². The van der Waals surface area contributed by atoms with E-state index in [-0.39, 0.29) is 26.2 Å². The average molecular weight is 516 g/mol. The number of amides is 1. The molecule has 0 bridgehead atoms. The van der Waals surface area contributed by atoms with Gasteiger partial charge >= 0.3 is 6.09 Å². The Morgan fingerprint density at radius 3 is 2.03 bits per heavy atom. The maximum absolute atomic E-state index is 11.8. The largest absolute Gasteiger partial charge is 0.756 e. The third kappa shape index (κ3) is 19.2. The van der Waals surface area contributed by atoms with Crippen LogP contribution in [0.1, 0.15) is 90.4 Å². The lowest BCUT2D eigenvalue weighted by Gasteiger charge is -2.21. The van der Waals surface area contributed by atoms with Gasteiger partial charge in [-0.25, -0.2) is 9.36 Å². The summed E-state index contributed by atoms with van der Waals surface area (Å²) in [6, 6.07) is 3.42. The number of ether oxygens (including phenoxy) is 1. The van der Waals surface area contributed by atoms with Crippen LogP contribution in [-0.4, -0.2) is 32.5 Å². The van der Waals surface area contributed by atoms with E-state index in [0.29, 0.717) is 18.8 Å². The van der Waals surface area contributed by atoms with Gasteiger partial charge in [0.25, 0.3) is 7.82 Å². The number of hydrogen-bond donors (Lipinski definition) is 2. The lowest BCUT2D eigenvalue weighted by molar-refractivity contribution is -0.697. The van der Waals surface area contributed by atoms with Crippen molar-refractivity contribution in [1.29, 1.82) is 0 Å². The van der Waals surface area contributed by atoms with Gasteiger partial charge in [0.05, 0.1) is 13.2 Å². The Labute approximate surface area is 211 Å². The van der Waals surface area contributed by atoms with Crippen LogP contribution in [0.4, 0.5) is 10.5 Å². The van der Waals surface area contributed by atoms with Crippen molar-refractivity contribution in [3.8, 4) is 0 Å². The fourth-order valence-corrected chi connectivity index (χ4v) is 4.25. The summed E-state index contributed by atoms with van der Waals surface area (Å²) in [6.07, 6.45) is 18.5. The molecule has 0 aliphatic carbocycles. The van der Waals surface area contributed by atoms with Crippen LogP contribution in [0.3, 0.4) is 0 Å².